The molecule has 15 heteroatoms. The van der Waals surface area contributed by atoms with E-state index in [1.807, 2.05) is 19.1 Å². The highest BCUT2D eigenvalue weighted by atomic mass is 32.2. The predicted molar refractivity (Wildman–Crippen MR) is 247 cm³/mol. The number of rotatable bonds is 14. The van der Waals surface area contributed by atoms with Crippen molar-refractivity contribution < 1.29 is 28.0 Å². The molecule has 2 saturated carbocycles. The fourth-order valence-electron chi connectivity index (χ4n) is 10.8. The van der Waals surface area contributed by atoms with Crippen LogP contribution >= 0.6 is 0 Å². The summed E-state index contributed by atoms with van der Waals surface area (Å²) in [6.07, 6.45) is 15.4. The molecule has 2 aliphatic carbocycles. The number of ether oxygens (including phenoxy) is 1. The van der Waals surface area contributed by atoms with Crippen LogP contribution in [0.3, 0.4) is 0 Å². The number of anilines is 2. The summed E-state index contributed by atoms with van der Waals surface area (Å²) in [6, 6.07) is 22.5. The molecule has 0 bridgehead atoms. The van der Waals surface area contributed by atoms with E-state index in [9.17, 15) is 28.4 Å². The number of piperidine rings is 1. The minimum atomic E-state index is -4.56. The quantitative estimate of drug-likeness (QED) is 0.0616. The highest BCUT2D eigenvalue weighted by Gasteiger charge is 2.50. The van der Waals surface area contributed by atoms with Gasteiger partial charge in [-0.1, -0.05) is 37.6 Å². The van der Waals surface area contributed by atoms with E-state index < -0.39 is 37.0 Å². The van der Waals surface area contributed by atoms with Gasteiger partial charge in [0.25, 0.3) is 21.6 Å². The molecule has 4 fully saturated rings. The molecule has 0 unspecified atom stereocenters. The molecule has 14 nitrogen and oxygen atoms in total. The molecule has 0 radical (unpaired) electrons. The van der Waals surface area contributed by atoms with Crippen molar-refractivity contribution in [3.8, 4) is 11.5 Å². The third-order valence-corrected chi connectivity index (χ3v) is 15.8. The Kier molecular flexibility index (Phi) is 12.2. The van der Waals surface area contributed by atoms with Crippen molar-refractivity contribution in [1.29, 1.82) is 0 Å². The predicted octanol–water partition coefficient (Wildman–Crippen LogP) is 9.27. The Hall–Kier alpha value is -5.51. The van der Waals surface area contributed by atoms with Crippen molar-refractivity contribution in [1.82, 2.24) is 19.6 Å². The van der Waals surface area contributed by atoms with Gasteiger partial charge in [-0.3, -0.25) is 19.8 Å². The first-order valence-electron chi connectivity index (χ1n) is 22.9. The smallest absolute Gasteiger partial charge is 0.293 e. The summed E-state index contributed by atoms with van der Waals surface area (Å²) in [4.78, 5) is 37.7. The molecule has 4 N–H and O–H groups in total. The van der Waals surface area contributed by atoms with Gasteiger partial charge >= 0.3 is 0 Å². The molecular formula is C49H59N7O7S. The van der Waals surface area contributed by atoms with Crippen LogP contribution < -0.4 is 19.7 Å². The summed E-state index contributed by atoms with van der Waals surface area (Å²) in [7, 11) is -4.56. The minimum Gasteiger partial charge on any atom is -0.455 e. The number of nitrogens with one attached hydrogen (secondary N) is 3. The fraction of sp³-hybridized carbons (Fsp3) is 0.469. The molecule has 3 aromatic carbocycles. The monoisotopic (exact) mass is 889 g/mol. The van der Waals surface area contributed by atoms with Crippen LogP contribution in [0.15, 0.2) is 90.1 Å². The maximum absolute atomic E-state index is 14.0. The molecule has 5 aromatic rings. The van der Waals surface area contributed by atoms with Crippen molar-refractivity contribution in [2.75, 3.05) is 36.4 Å². The summed E-state index contributed by atoms with van der Waals surface area (Å²) in [6.45, 7) is 7.36. The lowest BCUT2D eigenvalue weighted by Gasteiger charge is -2.56. The Labute approximate surface area is 375 Å². The zero-order valence-corrected chi connectivity index (χ0v) is 37.5. The number of aliphatic hydroxyl groups is 1. The van der Waals surface area contributed by atoms with E-state index in [1.165, 1.54) is 48.9 Å². The lowest BCUT2D eigenvalue weighted by molar-refractivity contribution is -0.384. The number of nitrogens with zero attached hydrogens (tertiary/aromatic N) is 4. The molecule has 1 spiro atoms. The number of nitro groups is 1. The fourth-order valence-corrected chi connectivity index (χ4v) is 11.8. The Balaban J connectivity index is 0.893. The number of fused-ring (bicyclic) bond motifs is 1. The largest absolute Gasteiger partial charge is 0.455 e. The molecule has 4 aliphatic rings. The number of sulfonamides is 1. The maximum Gasteiger partial charge on any atom is 0.293 e. The van der Waals surface area contributed by atoms with Gasteiger partial charge in [0.15, 0.2) is 0 Å². The van der Waals surface area contributed by atoms with Crippen molar-refractivity contribution in [3.63, 3.8) is 0 Å². The van der Waals surface area contributed by atoms with Gasteiger partial charge in [-0.15, -0.1) is 0 Å². The van der Waals surface area contributed by atoms with Gasteiger partial charge in [0.05, 0.1) is 27.2 Å². The van der Waals surface area contributed by atoms with Crippen molar-refractivity contribution in [2.45, 2.75) is 113 Å². The van der Waals surface area contributed by atoms with Gasteiger partial charge in [-0.25, -0.2) is 18.1 Å². The van der Waals surface area contributed by atoms with Gasteiger partial charge in [0.2, 0.25) is 0 Å². The molecule has 1 atom stereocenters. The summed E-state index contributed by atoms with van der Waals surface area (Å²) < 4.78 is 36.0. The first-order valence-corrected chi connectivity index (χ1v) is 24.4. The number of aromatic nitrogens is 2. The van der Waals surface area contributed by atoms with E-state index in [2.05, 4.69) is 61.0 Å². The van der Waals surface area contributed by atoms with Crippen LogP contribution in [0.2, 0.25) is 0 Å². The number of aryl methyl sites for hydroxylation is 1. The number of aromatic amines is 1. The van der Waals surface area contributed by atoms with Gasteiger partial charge in [-0.05, 0) is 143 Å². The Morgan fingerprint density at radius 1 is 1.00 bits per heavy atom. The summed E-state index contributed by atoms with van der Waals surface area (Å²) >= 11 is 0. The molecular weight excluding hydrogens is 831 g/mol. The highest BCUT2D eigenvalue weighted by Crippen LogP contribution is 2.54. The van der Waals surface area contributed by atoms with Gasteiger partial charge in [0, 0.05) is 61.1 Å². The van der Waals surface area contributed by atoms with Crippen LogP contribution in [0.25, 0.3) is 11.0 Å². The number of nitro benzene ring substituents is 1. The first kappa shape index (κ1) is 43.7. The number of benzene rings is 3. The lowest BCUT2D eigenvalue weighted by atomic mass is 9.59. The number of carbonyl (C=O) groups is 1. The Bertz CT molecular complexity index is 2620. The molecule has 4 heterocycles. The van der Waals surface area contributed by atoms with E-state index in [0.29, 0.717) is 48.3 Å². The number of likely N-dealkylation sites (tertiary alicyclic amines) is 1. The van der Waals surface area contributed by atoms with Crippen molar-refractivity contribution in [3.05, 3.63) is 112 Å². The SMILES string of the molecule is CCCc1ccccc1[C@@H]1CCCN1C1CC2(CCN(c3ccc(C(=O)NS(=O)(=O)c4ccc(NCC5CCC(C)(O)CC5)c([N+](=O)[O-])c4)c(Oc4cnc5[nH]ccc5c4)c3)CC2)C1. The summed E-state index contributed by atoms with van der Waals surface area (Å²) in [5, 5.41) is 26.4. The zero-order valence-electron chi connectivity index (χ0n) is 36.7. The number of carbonyl (C=O) groups excluding carboxylic acids is 1. The molecule has 2 aliphatic heterocycles. The van der Waals surface area contributed by atoms with Crippen LogP contribution in [0.4, 0.5) is 17.1 Å². The van der Waals surface area contributed by atoms with Crippen LogP contribution in [0.5, 0.6) is 11.5 Å². The molecule has 64 heavy (non-hydrogen) atoms. The summed E-state index contributed by atoms with van der Waals surface area (Å²) in [5.41, 5.74) is 3.89. The molecule has 9 rings (SSSR count). The minimum absolute atomic E-state index is 0.0169. The van der Waals surface area contributed by atoms with E-state index in [1.54, 1.807) is 30.6 Å². The highest BCUT2D eigenvalue weighted by molar-refractivity contribution is 7.90. The van der Waals surface area contributed by atoms with Crippen LogP contribution in [-0.2, 0) is 16.4 Å². The zero-order chi connectivity index (χ0) is 44.6. The standard InChI is InChI=1S/C49H59N7O7S/c1-3-7-34-8-4-5-9-40(34)43-10-6-23-55(43)37-29-49(30-37)20-24-54(25-21-49)36-11-13-41(45(27-36)63-38-26-35-17-22-50-46(35)52-32-38)47(57)53-64(61,62)39-12-14-42(44(28-39)56(59)60)51-31-33-15-18-48(2,58)19-16-33/h4-5,8-9,11-14,17,22,26-28,32-33,37,43,51,58H,3,6-7,10,15-16,18-21,23-25,29-31H2,1-2H3,(H,50,52)(H,53,57)/t33?,43-,48?/m0/s1. The Morgan fingerprint density at radius 2 is 1.78 bits per heavy atom. The van der Waals surface area contributed by atoms with Gasteiger partial charge in [-0.2, -0.15) is 0 Å². The maximum atomic E-state index is 14.0. The van der Waals surface area contributed by atoms with Crippen LogP contribution in [0, 0.1) is 21.4 Å². The van der Waals surface area contributed by atoms with Crippen LogP contribution in [-0.4, -0.2) is 77.0 Å². The second-order valence-electron chi connectivity index (χ2n) is 19.0. The van der Waals surface area contributed by atoms with Gasteiger partial charge in [0.1, 0.15) is 22.8 Å². The lowest BCUT2D eigenvalue weighted by Crippen LogP contribution is -2.54. The third kappa shape index (κ3) is 9.20. The average Bonchev–Trinajstić information content (AvgIpc) is 3.95. The van der Waals surface area contributed by atoms with E-state index in [4.69, 9.17) is 4.74 Å². The molecule has 2 saturated heterocycles. The number of pyridine rings is 1. The second kappa shape index (κ2) is 17.8. The number of hydrogen-bond acceptors (Lipinski definition) is 11. The second-order valence-corrected chi connectivity index (χ2v) is 20.6. The van der Waals surface area contributed by atoms with Crippen LogP contribution in [0.1, 0.15) is 112 Å². The number of amides is 1. The Morgan fingerprint density at radius 3 is 2.55 bits per heavy atom. The van der Waals surface area contributed by atoms with Crippen molar-refractivity contribution in [2.24, 2.45) is 11.3 Å². The van der Waals surface area contributed by atoms with E-state index >= 15 is 0 Å². The first-order chi connectivity index (χ1) is 30.8. The van der Waals surface area contributed by atoms with E-state index in [-0.39, 0.29) is 22.9 Å². The molecule has 338 valence electrons. The number of hydrogen-bond donors (Lipinski definition) is 4. The molecule has 1 amide bonds. The number of H-pyrrole nitrogens is 1. The molecule has 2 aromatic heterocycles. The third-order valence-electron chi connectivity index (χ3n) is 14.5. The summed E-state index contributed by atoms with van der Waals surface area (Å²) in [5.74, 6) is -0.204. The topological polar surface area (TPSA) is 183 Å². The van der Waals surface area contributed by atoms with Gasteiger partial charge < -0.3 is 25.0 Å². The van der Waals surface area contributed by atoms with Crippen molar-refractivity contribution >= 4 is 44.0 Å². The average molecular weight is 890 g/mol. The van der Waals surface area contributed by atoms with E-state index in [0.717, 1.165) is 75.3 Å². The normalized spacial score (nSPS) is 22.6.